The summed E-state index contributed by atoms with van der Waals surface area (Å²) in [5.74, 6) is 0. The van der Waals surface area contributed by atoms with E-state index in [1.54, 1.807) is 0 Å². The highest BCUT2D eigenvalue weighted by molar-refractivity contribution is 4.73. The molecule has 1 rings (SSSR count). The van der Waals surface area contributed by atoms with Crippen LogP contribution in [0, 0.1) is 0 Å². The van der Waals surface area contributed by atoms with Crippen molar-refractivity contribution >= 4 is 0 Å². The Morgan fingerprint density at radius 1 is 1.31 bits per heavy atom. The lowest BCUT2D eigenvalue weighted by Gasteiger charge is -2.32. The van der Waals surface area contributed by atoms with Crippen molar-refractivity contribution < 1.29 is 9.84 Å². The largest absolute Gasteiger partial charge is 0.394 e. The monoisotopic (exact) mass is 229 g/mol. The zero-order valence-corrected chi connectivity index (χ0v) is 10.7. The van der Waals surface area contributed by atoms with E-state index in [0.29, 0.717) is 12.7 Å². The number of rotatable bonds is 8. The molecule has 1 atom stereocenters. The molecule has 1 aliphatic rings. The SMILES string of the molecule is CCCCCCN1CCCC(OCCO)C1. The zero-order chi connectivity index (χ0) is 11.6. The second-order valence-corrected chi connectivity index (χ2v) is 4.72. The van der Waals surface area contributed by atoms with Gasteiger partial charge in [-0.25, -0.2) is 0 Å². The molecule has 16 heavy (non-hydrogen) atoms. The van der Waals surface area contributed by atoms with Crippen molar-refractivity contribution in [2.45, 2.75) is 51.6 Å². The minimum Gasteiger partial charge on any atom is -0.394 e. The molecule has 1 aliphatic heterocycles. The molecule has 1 fully saturated rings. The normalized spacial score (nSPS) is 22.5. The Morgan fingerprint density at radius 2 is 2.19 bits per heavy atom. The molecule has 96 valence electrons. The molecule has 1 heterocycles. The minimum absolute atomic E-state index is 0.146. The Bertz CT molecular complexity index is 164. The van der Waals surface area contributed by atoms with Gasteiger partial charge in [0.05, 0.1) is 19.3 Å². The van der Waals surface area contributed by atoms with Gasteiger partial charge in [0.25, 0.3) is 0 Å². The molecule has 0 bridgehead atoms. The summed E-state index contributed by atoms with van der Waals surface area (Å²) >= 11 is 0. The van der Waals surface area contributed by atoms with Crippen LogP contribution in [0.25, 0.3) is 0 Å². The first-order valence-electron chi connectivity index (χ1n) is 6.81. The van der Waals surface area contributed by atoms with Crippen LogP contribution in [0.4, 0.5) is 0 Å². The van der Waals surface area contributed by atoms with Gasteiger partial charge < -0.3 is 14.7 Å². The molecule has 1 saturated heterocycles. The van der Waals surface area contributed by atoms with E-state index in [1.807, 2.05) is 0 Å². The van der Waals surface area contributed by atoms with E-state index in [9.17, 15) is 0 Å². The van der Waals surface area contributed by atoms with Crippen molar-refractivity contribution in [1.29, 1.82) is 0 Å². The maximum Gasteiger partial charge on any atom is 0.0703 e. The molecule has 0 radical (unpaired) electrons. The van der Waals surface area contributed by atoms with Crippen molar-refractivity contribution in [3.63, 3.8) is 0 Å². The van der Waals surface area contributed by atoms with Crippen LogP contribution in [0.3, 0.4) is 0 Å². The fourth-order valence-electron chi connectivity index (χ4n) is 2.33. The van der Waals surface area contributed by atoms with Gasteiger partial charge in [0.15, 0.2) is 0 Å². The standard InChI is InChI=1S/C13H27NO2/c1-2-3-4-5-8-14-9-6-7-13(12-14)16-11-10-15/h13,15H,2-12H2,1H3. The molecule has 1 N–H and O–H groups in total. The van der Waals surface area contributed by atoms with Crippen LogP contribution in [0.2, 0.25) is 0 Å². The molecule has 0 aromatic rings. The smallest absolute Gasteiger partial charge is 0.0703 e. The Balaban J connectivity index is 2.07. The van der Waals surface area contributed by atoms with Crippen molar-refractivity contribution in [1.82, 2.24) is 4.90 Å². The first-order chi connectivity index (χ1) is 7.86. The summed E-state index contributed by atoms with van der Waals surface area (Å²) in [5, 5.41) is 8.72. The van der Waals surface area contributed by atoms with Gasteiger partial charge in [-0.1, -0.05) is 26.2 Å². The highest BCUT2D eigenvalue weighted by atomic mass is 16.5. The van der Waals surface area contributed by atoms with Gasteiger partial charge >= 0.3 is 0 Å². The second kappa shape index (κ2) is 8.97. The van der Waals surface area contributed by atoms with Gasteiger partial charge in [-0.3, -0.25) is 0 Å². The van der Waals surface area contributed by atoms with E-state index >= 15 is 0 Å². The van der Waals surface area contributed by atoms with Crippen molar-refractivity contribution in [3.05, 3.63) is 0 Å². The molecule has 0 aliphatic carbocycles. The Labute approximate surface area is 99.8 Å². The minimum atomic E-state index is 0.146. The van der Waals surface area contributed by atoms with Crippen molar-refractivity contribution in [2.75, 3.05) is 32.8 Å². The topological polar surface area (TPSA) is 32.7 Å². The second-order valence-electron chi connectivity index (χ2n) is 4.72. The van der Waals surface area contributed by atoms with Crippen LogP contribution in [-0.4, -0.2) is 49.0 Å². The van der Waals surface area contributed by atoms with Gasteiger partial charge in [0.2, 0.25) is 0 Å². The van der Waals surface area contributed by atoms with E-state index < -0.39 is 0 Å². The lowest BCUT2D eigenvalue weighted by molar-refractivity contribution is -0.0147. The van der Waals surface area contributed by atoms with E-state index in [0.717, 1.165) is 13.0 Å². The molecule has 0 aromatic heterocycles. The average Bonchev–Trinajstić information content (AvgIpc) is 2.33. The molecule has 3 nitrogen and oxygen atoms in total. The van der Waals surface area contributed by atoms with Crippen LogP contribution in [0.5, 0.6) is 0 Å². The summed E-state index contributed by atoms with van der Waals surface area (Å²) in [7, 11) is 0. The van der Waals surface area contributed by atoms with Crippen LogP contribution in [-0.2, 0) is 4.74 Å². The number of hydrogen-bond donors (Lipinski definition) is 1. The number of hydrogen-bond acceptors (Lipinski definition) is 3. The number of unbranched alkanes of at least 4 members (excludes halogenated alkanes) is 3. The number of aliphatic hydroxyl groups excluding tert-OH is 1. The third kappa shape index (κ3) is 5.83. The summed E-state index contributed by atoms with van der Waals surface area (Å²) in [6, 6.07) is 0. The first-order valence-corrected chi connectivity index (χ1v) is 6.81. The molecule has 0 spiro atoms. The van der Waals surface area contributed by atoms with Gasteiger partial charge in [0.1, 0.15) is 0 Å². The predicted molar refractivity (Wildman–Crippen MR) is 66.6 cm³/mol. The summed E-state index contributed by atoms with van der Waals surface area (Å²) in [5.41, 5.74) is 0. The quantitative estimate of drug-likeness (QED) is 0.647. The lowest BCUT2D eigenvalue weighted by atomic mass is 10.1. The third-order valence-corrected chi connectivity index (χ3v) is 3.24. The number of likely N-dealkylation sites (tertiary alicyclic amines) is 1. The molecular formula is C13H27NO2. The van der Waals surface area contributed by atoms with Gasteiger partial charge in [-0.2, -0.15) is 0 Å². The summed E-state index contributed by atoms with van der Waals surface area (Å²) in [6.45, 7) is 6.40. The number of ether oxygens (including phenoxy) is 1. The average molecular weight is 229 g/mol. The zero-order valence-electron chi connectivity index (χ0n) is 10.7. The molecule has 1 unspecified atom stereocenters. The Morgan fingerprint density at radius 3 is 2.94 bits per heavy atom. The first kappa shape index (κ1) is 13.9. The van der Waals surface area contributed by atoms with E-state index in [4.69, 9.17) is 9.84 Å². The van der Waals surface area contributed by atoms with Gasteiger partial charge in [-0.05, 0) is 32.4 Å². The highest BCUT2D eigenvalue weighted by Gasteiger charge is 2.19. The van der Waals surface area contributed by atoms with Crippen LogP contribution in [0.1, 0.15) is 45.4 Å². The molecular weight excluding hydrogens is 202 g/mol. The van der Waals surface area contributed by atoms with Crippen molar-refractivity contribution in [2.24, 2.45) is 0 Å². The molecule has 0 saturated carbocycles. The Kier molecular flexibility index (Phi) is 7.81. The highest BCUT2D eigenvalue weighted by Crippen LogP contribution is 2.14. The number of piperidine rings is 1. The fourth-order valence-corrected chi connectivity index (χ4v) is 2.33. The fraction of sp³-hybridized carbons (Fsp3) is 1.00. The molecule has 3 heteroatoms. The molecule has 0 amide bonds. The summed E-state index contributed by atoms with van der Waals surface area (Å²) in [6.07, 6.45) is 8.10. The predicted octanol–water partition coefficient (Wildman–Crippen LogP) is 2.04. The Hall–Kier alpha value is -0.120. The van der Waals surface area contributed by atoms with E-state index in [1.165, 1.54) is 45.2 Å². The lowest BCUT2D eigenvalue weighted by Crippen LogP contribution is -2.40. The van der Waals surface area contributed by atoms with Crippen LogP contribution < -0.4 is 0 Å². The van der Waals surface area contributed by atoms with Crippen LogP contribution in [0.15, 0.2) is 0 Å². The number of nitrogens with zero attached hydrogens (tertiary/aromatic N) is 1. The van der Waals surface area contributed by atoms with Gasteiger partial charge in [0, 0.05) is 6.54 Å². The maximum atomic E-state index is 8.72. The summed E-state index contributed by atoms with van der Waals surface area (Å²) < 4.78 is 5.60. The van der Waals surface area contributed by atoms with Crippen molar-refractivity contribution in [3.8, 4) is 0 Å². The van der Waals surface area contributed by atoms with Crippen LogP contribution >= 0.6 is 0 Å². The summed E-state index contributed by atoms with van der Waals surface area (Å²) in [4.78, 5) is 2.52. The van der Waals surface area contributed by atoms with E-state index in [2.05, 4.69) is 11.8 Å². The van der Waals surface area contributed by atoms with E-state index in [-0.39, 0.29) is 6.61 Å². The maximum absolute atomic E-state index is 8.72. The third-order valence-electron chi connectivity index (χ3n) is 3.24. The van der Waals surface area contributed by atoms with Gasteiger partial charge in [-0.15, -0.1) is 0 Å². The molecule has 0 aromatic carbocycles. The number of aliphatic hydroxyl groups is 1.